The Hall–Kier alpha value is -2.08. The van der Waals surface area contributed by atoms with E-state index >= 15 is 0 Å². The molecule has 0 saturated heterocycles. The van der Waals surface area contributed by atoms with Gasteiger partial charge in [0.25, 0.3) is 0 Å². The quantitative estimate of drug-likeness (QED) is 0.818. The molecule has 0 radical (unpaired) electrons. The van der Waals surface area contributed by atoms with Crippen molar-refractivity contribution in [3.63, 3.8) is 0 Å². The molecule has 0 aliphatic rings. The molecule has 1 N–H and O–H groups in total. The van der Waals surface area contributed by atoms with Crippen molar-refractivity contribution in [3.05, 3.63) is 18.5 Å². The molecule has 1 aromatic carbocycles. The molecule has 1 aromatic heterocycles. The molecule has 1 heterocycles. The van der Waals surface area contributed by atoms with Gasteiger partial charge in [0.1, 0.15) is 6.33 Å². The Bertz CT molecular complexity index is 545. The number of benzene rings is 1. The lowest BCUT2D eigenvalue weighted by Gasteiger charge is -2.11. The molecule has 0 atom stereocenters. The van der Waals surface area contributed by atoms with Crippen LogP contribution < -0.4 is 15.0 Å². The number of rotatable bonds is 5. The number of ether oxygens (including phenoxy) is 2. The highest BCUT2D eigenvalue weighted by atomic mass is 16.6. The van der Waals surface area contributed by atoms with Gasteiger partial charge in [0, 0.05) is 11.5 Å². The van der Waals surface area contributed by atoms with Gasteiger partial charge >= 0.3 is 0 Å². The fourth-order valence-corrected chi connectivity index (χ4v) is 1.60. The molecule has 0 fully saturated rings. The predicted molar refractivity (Wildman–Crippen MR) is 67.9 cm³/mol. The summed E-state index contributed by atoms with van der Waals surface area (Å²) in [5, 5.41) is 0.809. The van der Waals surface area contributed by atoms with Gasteiger partial charge in [0.15, 0.2) is 17.3 Å². The predicted octanol–water partition coefficient (Wildman–Crippen LogP) is 2.01. The van der Waals surface area contributed by atoms with Gasteiger partial charge in [-0.05, 0) is 13.0 Å². The second-order valence-corrected chi connectivity index (χ2v) is 3.48. The highest BCUT2D eigenvalue weighted by Gasteiger charge is 2.10. The fraction of sp³-hybridized carbons (Fsp3) is 0.333. The smallest absolute Gasteiger partial charge is 0.162 e. The number of fused-ring (bicyclic) bond motifs is 1. The van der Waals surface area contributed by atoms with Gasteiger partial charge in [-0.1, -0.05) is 0 Å². The minimum absolute atomic E-state index is 0.540. The van der Waals surface area contributed by atoms with Crippen LogP contribution in [0.25, 0.3) is 10.9 Å². The number of nitrogens with zero attached hydrogens (tertiary/aromatic N) is 2. The summed E-state index contributed by atoms with van der Waals surface area (Å²) in [6.45, 7) is 2.43. The van der Waals surface area contributed by atoms with Gasteiger partial charge in [-0.2, -0.15) is 0 Å². The summed E-state index contributed by atoms with van der Waals surface area (Å²) in [6, 6.07) is 3.61. The molecule has 0 aliphatic heterocycles. The summed E-state index contributed by atoms with van der Waals surface area (Å²) in [5.74, 6) is 1.85. The maximum absolute atomic E-state index is 5.25. The van der Waals surface area contributed by atoms with Crippen LogP contribution in [0.4, 0.5) is 5.82 Å². The maximum Gasteiger partial charge on any atom is 0.162 e. The summed E-state index contributed by atoms with van der Waals surface area (Å²) >= 11 is 0. The fourth-order valence-electron chi connectivity index (χ4n) is 1.60. The number of hydrogen-bond donors (Lipinski definition) is 1. The van der Waals surface area contributed by atoms with Gasteiger partial charge in [-0.15, -0.1) is 0 Å². The zero-order valence-electron chi connectivity index (χ0n) is 10.6. The van der Waals surface area contributed by atoms with Crippen molar-refractivity contribution >= 4 is 16.7 Å². The van der Waals surface area contributed by atoms with E-state index in [9.17, 15) is 0 Å². The second-order valence-electron chi connectivity index (χ2n) is 3.48. The van der Waals surface area contributed by atoms with Crippen LogP contribution >= 0.6 is 0 Å². The normalized spacial score (nSPS) is 10.4. The van der Waals surface area contributed by atoms with E-state index in [0.29, 0.717) is 23.9 Å². The van der Waals surface area contributed by atoms with E-state index in [1.54, 1.807) is 20.3 Å². The average molecular weight is 249 g/mol. The molecule has 0 spiro atoms. The minimum atomic E-state index is 0.540. The van der Waals surface area contributed by atoms with Crippen molar-refractivity contribution in [1.29, 1.82) is 0 Å². The lowest BCUT2D eigenvalue weighted by atomic mass is 10.2. The van der Waals surface area contributed by atoms with E-state index in [1.807, 2.05) is 13.0 Å². The van der Waals surface area contributed by atoms with Crippen LogP contribution in [0.5, 0.6) is 11.5 Å². The summed E-state index contributed by atoms with van der Waals surface area (Å²) in [5.41, 5.74) is 3.53. The third kappa shape index (κ3) is 2.28. The molecule has 0 amide bonds. The zero-order chi connectivity index (χ0) is 13.0. The molecule has 2 rings (SSSR count). The van der Waals surface area contributed by atoms with Crippen molar-refractivity contribution in [2.75, 3.05) is 26.3 Å². The average Bonchev–Trinajstić information content (AvgIpc) is 2.43. The molecule has 0 unspecified atom stereocenters. The summed E-state index contributed by atoms with van der Waals surface area (Å²) < 4.78 is 10.5. The van der Waals surface area contributed by atoms with Gasteiger partial charge in [-0.25, -0.2) is 15.4 Å². The minimum Gasteiger partial charge on any atom is -0.493 e. The number of nitrogens with one attached hydrogen (secondary N) is 1. The van der Waals surface area contributed by atoms with Gasteiger partial charge in [-0.3, -0.25) is 4.84 Å². The monoisotopic (exact) mass is 249 g/mol. The molecule has 2 aromatic rings. The van der Waals surface area contributed by atoms with Gasteiger partial charge in [0.05, 0.1) is 26.3 Å². The first-order chi connectivity index (χ1) is 8.80. The lowest BCUT2D eigenvalue weighted by molar-refractivity contribution is 0.209. The van der Waals surface area contributed by atoms with Crippen LogP contribution in [0, 0.1) is 0 Å². The van der Waals surface area contributed by atoms with E-state index in [0.717, 1.165) is 10.9 Å². The summed E-state index contributed by atoms with van der Waals surface area (Å²) in [6.07, 6.45) is 1.47. The van der Waals surface area contributed by atoms with E-state index in [4.69, 9.17) is 14.3 Å². The molecule has 0 bridgehead atoms. The van der Waals surface area contributed by atoms with Crippen LogP contribution in [0.2, 0.25) is 0 Å². The van der Waals surface area contributed by atoms with Crippen LogP contribution in [-0.2, 0) is 4.84 Å². The zero-order valence-corrected chi connectivity index (χ0v) is 10.6. The second kappa shape index (κ2) is 5.50. The topological polar surface area (TPSA) is 65.5 Å². The van der Waals surface area contributed by atoms with Crippen molar-refractivity contribution in [2.45, 2.75) is 6.92 Å². The van der Waals surface area contributed by atoms with E-state index < -0.39 is 0 Å². The first-order valence-corrected chi connectivity index (χ1v) is 5.54. The molecule has 0 saturated carbocycles. The van der Waals surface area contributed by atoms with Crippen molar-refractivity contribution in [1.82, 2.24) is 9.97 Å². The Morgan fingerprint density at radius 2 is 1.83 bits per heavy atom. The Labute approximate surface area is 105 Å². The molecular formula is C12H15N3O3. The van der Waals surface area contributed by atoms with Gasteiger partial charge in [0.2, 0.25) is 0 Å². The number of anilines is 1. The Morgan fingerprint density at radius 3 is 2.50 bits per heavy atom. The van der Waals surface area contributed by atoms with E-state index in [1.165, 1.54) is 6.33 Å². The van der Waals surface area contributed by atoms with Gasteiger partial charge < -0.3 is 9.47 Å². The van der Waals surface area contributed by atoms with Crippen LogP contribution in [0.3, 0.4) is 0 Å². The molecule has 96 valence electrons. The highest BCUT2D eigenvalue weighted by Crippen LogP contribution is 2.33. The molecule has 6 heteroatoms. The SMILES string of the molecule is CCONc1ncnc2cc(OC)c(OC)cc12. The van der Waals surface area contributed by atoms with Crippen molar-refractivity contribution in [3.8, 4) is 11.5 Å². The number of methoxy groups -OCH3 is 2. The van der Waals surface area contributed by atoms with Crippen LogP contribution in [-0.4, -0.2) is 30.8 Å². The Kier molecular flexibility index (Phi) is 3.78. The summed E-state index contributed by atoms with van der Waals surface area (Å²) in [4.78, 5) is 13.5. The molecule has 18 heavy (non-hydrogen) atoms. The first kappa shape index (κ1) is 12.4. The van der Waals surface area contributed by atoms with E-state index in [2.05, 4.69) is 15.4 Å². The summed E-state index contributed by atoms with van der Waals surface area (Å²) in [7, 11) is 3.17. The third-order valence-electron chi connectivity index (χ3n) is 2.45. The molecule has 0 aliphatic carbocycles. The maximum atomic E-state index is 5.25. The van der Waals surface area contributed by atoms with Crippen molar-refractivity contribution < 1.29 is 14.3 Å². The number of hydrogen-bond acceptors (Lipinski definition) is 6. The first-order valence-electron chi connectivity index (χ1n) is 5.54. The Balaban J connectivity index is 2.54. The Morgan fingerprint density at radius 1 is 1.11 bits per heavy atom. The lowest BCUT2D eigenvalue weighted by Crippen LogP contribution is -2.03. The molecule has 6 nitrogen and oxygen atoms in total. The van der Waals surface area contributed by atoms with Crippen LogP contribution in [0.15, 0.2) is 18.5 Å². The van der Waals surface area contributed by atoms with Crippen LogP contribution in [0.1, 0.15) is 6.92 Å². The highest BCUT2D eigenvalue weighted by molar-refractivity contribution is 5.91. The van der Waals surface area contributed by atoms with E-state index in [-0.39, 0.29) is 0 Å². The third-order valence-corrected chi connectivity index (χ3v) is 2.45. The molecular weight excluding hydrogens is 234 g/mol. The largest absolute Gasteiger partial charge is 0.493 e. The standard InChI is InChI=1S/C12H15N3O3/c1-4-18-15-12-8-5-10(16-2)11(17-3)6-9(8)13-7-14-12/h5-7H,4H2,1-3H3,(H,13,14,15). The van der Waals surface area contributed by atoms with Crippen molar-refractivity contribution in [2.24, 2.45) is 0 Å². The number of aromatic nitrogens is 2.